The quantitative estimate of drug-likeness (QED) is 0.563. The van der Waals surface area contributed by atoms with Crippen LogP contribution in [-0.4, -0.2) is 13.2 Å². The van der Waals surface area contributed by atoms with E-state index in [1.54, 1.807) is 6.26 Å². The maximum atomic E-state index is 5.22. The third kappa shape index (κ3) is 1.96. The molecule has 1 aliphatic heterocycles. The first kappa shape index (κ1) is 6.46. The number of hydrogen-bond acceptors (Lipinski definition) is 2. The van der Waals surface area contributed by atoms with Crippen LogP contribution in [0.4, 0.5) is 0 Å². The Hall–Kier alpha value is -0.660. The molecule has 0 spiro atoms. The van der Waals surface area contributed by atoms with Gasteiger partial charge in [0.15, 0.2) is 0 Å². The van der Waals surface area contributed by atoms with Crippen molar-refractivity contribution in [3.05, 3.63) is 12.0 Å². The van der Waals surface area contributed by atoms with Gasteiger partial charge in [0.1, 0.15) is 12.0 Å². The highest BCUT2D eigenvalue weighted by Crippen LogP contribution is 2.11. The topological polar surface area (TPSA) is 18.5 Å². The summed E-state index contributed by atoms with van der Waals surface area (Å²) in [6, 6.07) is 0. The molecule has 0 aromatic rings. The SMILES string of the molecule is CCOC1=COCCC1. The van der Waals surface area contributed by atoms with Crippen LogP contribution >= 0.6 is 0 Å². The van der Waals surface area contributed by atoms with Crippen molar-refractivity contribution in [3.8, 4) is 0 Å². The highest BCUT2D eigenvalue weighted by atomic mass is 16.5. The molecule has 0 N–H and O–H groups in total. The summed E-state index contributed by atoms with van der Waals surface area (Å²) in [6.45, 7) is 3.57. The maximum absolute atomic E-state index is 5.22. The van der Waals surface area contributed by atoms with Crippen molar-refractivity contribution in [2.24, 2.45) is 0 Å². The predicted molar refractivity (Wildman–Crippen MR) is 34.9 cm³/mol. The molecule has 0 amide bonds. The van der Waals surface area contributed by atoms with Gasteiger partial charge in [-0.1, -0.05) is 0 Å². The van der Waals surface area contributed by atoms with E-state index in [9.17, 15) is 0 Å². The molecule has 0 aliphatic carbocycles. The predicted octanol–water partition coefficient (Wildman–Crippen LogP) is 1.67. The van der Waals surface area contributed by atoms with Gasteiger partial charge in [-0.2, -0.15) is 0 Å². The standard InChI is InChI=1S/C7H12O2/c1-2-9-7-4-3-5-8-6-7/h6H,2-5H2,1H3. The maximum Gasteiger partial charge on any atom is 0.130 e. The summed E-state index contributed by atoms with van der Waals surface area (Å²) < 4.78 is 10.3. The molecule has 0 aromatic heterocycles. The van der Waals surface area contributed by atoms with Crippen LogP contribution in [0.25, 0.3) is 0 Å². The second kappa shape index (κ2) is 3.38. The van der Waals surface area contributed by atoms with Crippen LogP contribution in [0.5, 0.6) is 0 Å². The Morgan fingerprint density at radius 1 is 1.78 bits per heavy atom. The molecule has 0 saturated carbocycles. The van der Waals surface area contributed by atoms with Crippen molar-refractivity contribution in [2.45, 2.75) is 19.8 Å². The Labute approximate surface area is 55.5 Å². The van der Waals surface area contributed by atoms with Crippen LogP contribution in [0.1, 0.15) is 19.8 Å². The Balaban J connectivity index is 2.28. The van der Waals surface area contributed by atoms with Crippen LogP contribution in [-0.2, 0) is 9.47 Å². The smallest absolute Gasteiger partial charge is 0.130 e. The number of ether oxygens (including phenoxy) is 2. The van der Waals surface area contributed by atoms with E-state index in [1.165, 1.54) is 0 Å². The first-order valence-corrected chi connectivity index (χ1v) is 3.37. The minimum absolute atomic E-state index is 0.745. The van der Waals surface area contributed by atoms with Crippen molar-refractivity contribution in [1.82, 2.24) is 0 Å². The molecular formula is C7H12O2. The molecule has 0 fully saturated rings. The van der Waals surface area contributed by atoms with Crippen molar-refractivity contribution in [3.63, 3.8) is 0 Å². The van der Waals surface area contributed by atoms with Crippen LogP contribution in [0.15, 0.2) is 12.0 Å². The van der Waals surface area contributed by atoms with Gasteiger partial charge >= 0.3 is 0 Å². The lowest BCUT2D eigenvalue weighted by Crippen LogP contribution is -2.01. The van der Waals surface area contributed by atoms with Crippen LogP contribution in [0.3, 0.4) is 0 Å². The third-order valence-corrected chi connectivity index (χ3v) is 1.23. The van der Waals surface area contributed by atoms with Crippen LogP contribution in [0.2, 0.25) is 0 Å². The lowest BCUT2D eigenvalue weighted by Gasteiger charge is -2.12. The summed E-state index contributed by atoms with van der Waals surface area (Å²) in [5, 5.41) is 0. The van der Waals surface area contributed by atoms with Gasteiger partial charge in [-0.15, -0.1) is 0 Å². The van der Waals surface area contributed by atoms with Gasteiger partial charge in [0, 0.05) is 6.42 Å². The first-order chi connectivity index (χ1) is 4.43. The van der Waals surface area contributed by atoms with E-state index in [2.05, 4.69) is 0 Å². The van der Waals surface area contributed by atoms with E-state index in [0.717, 1.165) is 31.8 Å². The number of rotatable bonds is 2. The van der Waals surface area contributed by atoms with Crippen LogP contribution in [0, 0.1) is 0 Å². The average molecular weight is 128 g/mol. The zero-order chi connectivity index (χ0) is 6.53. The number of allylic oxidation sites excluding steroid dienone is 1. The summed E-state index contributed by atoms with van der Waals surface area (Å²) in [5.41, 5.74) is 0. The molecule has 0 saturated heterocycles. The molecule has 0 atom stereocenters. The Kier molecular flexibility index (Phi) is 2.43. The van der Waals surface area contributed by atoms with Gasteiger partial charge in [0.25, 0.3) is 0 Å². The van der Waals surface area contributed by atoms with Gasteiger partial charge in [0.2, 0.25) is 0 Å². The second-order valence-electron chi connectivity index (χ2n) is 1.99. The first-order valence-electron chi connectivity index (χ1n) is 3.37. The summed E-state index contributed by atoms with van der Waals surface area (Å²) in [7, 11) is 0. The molecule has 2 nitrogen and oxygen atoms in total. The van der Waals surface area contributed by atoms with Gasteiger partial charge in [0.05, 0.1) is 13.2 Å². The zero-order valence-corrected chi connectivity index (χ0v) is 5.72. The molecule has 1 heterocycles. The third-order valence-electron chi connectivity index (χ3n) is 1.23. The highest BCUT2D eigenvalue weighted by molar-refractivity contribution is 4.89. The Morgan fingerprint density at radius 3 is 3.22 bits per heavy atom. The van der Waals surface area contributed by atoms with Crippen molar-refractivity contribution >= 4 is 0 Å². The van der Waals surface area contributed by atoms with E-state index in [1.807, 2.05) is 6.92 Å². The van der Waals surface area contributed by atoms with Crippen molar-refractivity contribution < 1.29 is 9.47 Å². The minimum atomic E-state index is 0.745. The molecule has 9 heavy (non-hydrogen) atoms. The minimum Gasteiger partial charge on any atom is -0.498 e. The Bertz CT molecular complexity index is 107. The molecule has 0 unspecified atom stereocenters. The average Bonchev–Trinajstić information content (AvgIpc) is 1.91. The van der Waals surface area contributed by atoms with Crippen molar-refractivity contribution in [1.29, 1.82) is 0 Å². The normalized spacial score (nSPS) is 18.1. The van der Waals surface area contributed by atoms with Gasteiger partial charge in [-0.05, 0) is 13.3 Å². The fourth-order valence-electron chi connectivity index (χ4n) is 0.832. The van der Waals surface area contributed by atoms with Crippen LogP contribution < -0.4 is 0 Å². The lowest BCUT2D eigenvalue weighted by atomic mass is 10.2. The van der Waals surface area contributed by atoms with Gasteiger partial charge in [-0.25, -0.2) is 0 Å². The van der Waals surface area contributed by atoms with Crippen molar-refractivity contribution in [2.75, 3.05) is 13.2 Å². The van der Waals surface area contributed by atoms with E-state index in [0.29, 0.717) is 0 Å². The second-order valence-corrected chi connectivity index (χ2v) is 1.99. The zero-order valence-electron chi connectivity index (χ0n) is 5.72. The largest absolute Gasteiger partial charge is 0.498 e. The summed E-state index contributed by atoms with van der Waals surface area (Å²) >= 11 is 0. The highest BCUT2D eigenvalue weighted by Gasteiger charge is 2.02. The van der Waals surface area contributed by atoms with Gasteiger partial charge < -0.3 is 9.47 Å². The summed E-state index contributed by atoms with van der Waals surface area (Å²) in [4.78, 5) is 0. The Morgan fingerprint density at radius 2 is 2.67 bits per heavy atom. The molecular weight excluding hydrogens is 116 g/mol. The molecule has 0 radical (unpaired) electrons. The lowest BCUT2D eigenvalue weighted by molar-refractivity contribution is 0.146. The van der Waals surface area contributed by atoms with Gasteiger partial charge in [-0.3, -0.25) is 0 Å². The summed E-state index contributed by atoms with van der Waals surface area (Å²) in [6.07, 6.45) is 3.84. The van der Waals surface area contributed by atoms with E-state index in [4.69, 9.17) is 9.47 Å². The van der Waals surface area contributed by atoms with E-state index < -0.39 is 0 Å². The number of hydrogen-bond donors (Lipinski definition) is 0. The molecule has 1 rings (SSSR count). The van der Waals surface area contributed by atoms with E-state index >= 15 is 0 Å². The molecule has 0 aromatic carbocycles. The fraction of sp³-hybridized carbons (Fsp3) is 0.714. The molecule has 1 aliphatic rings. The molecule has 52 valence electrons. The summed E-state index contributed by atoms with van der Waals surface area (Å²) in [5.74, 6) is 0.990. The molecule has 2 heteroatoms. The fourth-order valence-corrected chi connectivity index (χ4v) is 0.832. The monoisotopic (exact) mass is 128 g/mol. The van der Waals surface area contributed by atoms with E-state index in [-0.39, 0.29) is 0 Å². The molecule has 0 bridgehead atoms.